The van der Waals surface area contributed by atoms with Crippen LogP contribution in [0.1, 0.15) is 6.92 Å². The van der Waals surface area contributed by atoms with Crippen molar-refractivity contribution in [2.45, 2.75) is 6.92 Å². The zero-order chi connectivity index (χ0) is 8.69. The second kappa shape index (κ2) is 5.89. The molecule has 0 saturated heterocycles. The van der Waals surface area contributed by atoms with Gasteiger partial charge in [-0.25, -0.2) is 0 Å². The first kappa shape index (κ1) is 10.1. The van der Waals surface area contributed by atoms with Gasteiger partial charge in [-0.15, -0.1) is 0 Å². The number of nitrogens with two attached hydrogens (primary N) is 2. The van der Waals surface area contributed by atoms with Gasteiger partial charge in [-0.05, 0) is 18.1 Å². The molecule has 0 bridgehead atoms. The van der Waals surface area contributed by atoms with Gasteiger partial charge in [-0.1, -0.05) is 24.8 Å². The quantitative estimate of drug-likeness (QED) is 0.589. The summed E-state index contributed by atoms with van der Waals surface area (Å²) in [6.45, 7) is 6.72. The lowest BCUT2D eigenvalue weighted by Gasteiger charge is -1.98. The number of hydrogen-bond donors (Lipinski definition) is 2. The Bertz CT molecular complexity index is 178. The van der Waals surface area contributed by atoms with Crippen LogP contribution in [0.4, 0.5) is 0 Å². The van der Waals surface area contributed by atoms with Gasteiger partial charge in [0.15, 0.2) is 0 Å². The van der Waals surface area contributed by atoms with Gasteiger partial charge in [0.05, 0.1) is 0 Å². The lowest BCUT2D eigenvalue weighted by molar-refractivity contribution is 1.15. The first-order chi connectivity index (χ1) is 5.24. The maximum absolute atomic E-state index is 5.46. The molecule has 0 fully saturated rings. The molecule has 2 heteroatoms. The molecule has 0 heterocycles. The Labute approximate surface area is 68.3 Å². The molecule has 0 aliphatic rings. The Kier molecular flexibility index (Phi) is 5.43. The van der Waals surface area contributed by atoms with Crippen LogP contribution in [0.5, 0.6) is 0 Å². The molecular weight excluding hydrogens is 136 g/mol. The van der Waals surface area contributed by atoms with Crippen molar-refractivity contribution in [2.24, 2.45) is 11.5 Å². The number of allylic oxidation sites excluding steroid dienone is 1. The zero-order valence-corrected chi connectivity index (χ0v) is 7.01. The third kappa shape index (κ3) is 4.53. The van der Waals surface area contributed by atoms with Gasteiger partial charge < -0.3 is 11.5 Å². The van der Waals surface area contributed by atoms with Crippen molar-refractivity contribution in [2.75, 3.05) is 13.1 Å². The van der Waals surface area contributed by atoms with Gasteiger partial charge in [0.1, 0.15) is 0 Å². The van der Waals surface area contributed by atoms with Crippen LogP contribution in [0.3, 0.4) is 0 Å². The van der Waals surface area contributed by atoms with E-state index < -0.39 is 0 Å². The zero-order valence-electron chi connectivity index (χ0n) is 7.01. The smallest absolute Gasteiger partial charge is 0.0178 e. The van der Waals surface area contributed by atoms with E-state index in [1.807, 2.05) is 25.2 Å². The lowest BCUT2D eigenvalue weighted by atomic mass is 10.1. The molecule has 0 amide bonds. The SMILES string of the molecule is C=C(/C=C(\C=C\C)CN)CN. The van der Waals surface area contributed by atoms with Gasteiger partial charge in [-0.2, -0.15) is 0 Å². The third-order valence-corrected chi connectivity index (χ3v) is 1.27. The lowest BCUT2D eigenvalue weighted by Crippen LogP contribution is -2.04. The summed E-state index contributed by atoms with van der Waals surface area (Å²) in [7, 11) is 0. The third-order valence-electron chi connectivity index (χ3n) is 1.27. The van der Waals surface area contributed by atoms with Crippen molar-refractivity contribution in [1.29, 1.82) is 0 Å². The van der Waals surface area contributed by atoms with E-state index in [0.29, 0.717) is 13.1 Å². The molecule has 0 unspecified atom stereocenters. The highest BCUT2D eigenvalue weighted by Crippen LogP contribution is 1.99. The summed E-state index contributed by atoms with van der Waals surface area (Å²) in [5.74, 6) is 0. The summed E-state index contributed by atoms with van der Waals surface area (Å²) >= 11 is 0. The van der Waals surface area contributed by atoms with Crippen LogP contribution in [0.2, 0.25) is 0 Å². The number of rotatable bonds is 4. The predicted octanol–water partition coefficient (Wildman–Crippen LogP) is 0.963. The number of hydrogen-bond acceptors (Lipinski definition) is 2. The fourth-order valence-corrected chi connectivity index (χ4v) is 0.710. The van der Waals surface area contributed by atoms with E-state index in [4.69, 9.17) is 11.5 Å². The average molecular weight is 152 g/mol. The summed E-state index contributed by atoms with van der Waals surface area (Å²) in [4.78, 5) is 0. The van der Waals surface area contributed by atoms with Gasteiger partial charge in [-0.3, -0.25) is 0 Å². The molecule has 0 aromatic carbocycles. The molecule has 2 nitrogen and oxygen atoms in total. The van der Waals surface area contributed by atoms with E-state index in [2.05, 4.69) is 6.58 Å². The largest absolute Gasteiger partial charge is 0.327 e. The Hall–Kier alpha value is -0.860. The molecule has 0 aliphatic heterocycles. The minimum Gasteiger partial charge on any atom is -0.327 e. The van der Waals surface area contributed by atoms with Crippen molar-refractivity contribution in [3.05, 3.63) is 36.0 Å². The van der Waals surface area contributed by atoms with Crippen LogP contribution in [0.25, 0.3) is 0 Å². The van der Waals surface area contributed by atoms with Crippen molar-refractivity contribution < 1.29 is 0 Å². The Morgan fingerprint density at radius 1 is 1.36 bits per heavy atom. The second-order valence-corrected chi connectivity index (χ2v) is 2.29. The average Bonchev–Trinajstić information content (AvgIpc) is 2.03. The maximum atomic E-state index is 5.46. The fourth-order valence-electron chi connectivity index (χ4n) is 0.710. The van der Waals surface area contributed by atoms with Gasteiger partial charge >= 0.3 is 0 Å². The molecule has 0 rings (SSSR count). The highest BCUT2D eigenvalue weighted by molar-refractivity contribution is 5.29. The first-order valence-electron chi connectivity index (χ1n) is 3.65. The van der Waals surface area contributed by atoms with Gasteiger partial charge in [0, 0.05) is 13.1 Å². The van der Waals surface area contributed by atoms with E-state index in [9.17, 15) is 0 Å². The minimum absolute atomic E-state index is 0.487. The molecule has 4 N–H and O–H groups in total. The van der Waals surface area contributed by atoms with E-state index in [-0.39, 0.29) is 0 Å². The van der Waals surface area contributed by atoms with E-state index in [1.54, 1.807) is 0 Å². The van der Waals surface area contributed by atoms with Crippen LogP contribution >= 0.6 is 0 Å². The summed E-state index contributed by atoms with van der Waals surface area (Å²) in [6.07, 6.45) is 5.82. The van der Waals surface area contributed by atoms with Crippen molar-refractivity contribution in [3.8, 4) is 0 Å². The molecule has 0 aromatic rings. The first-order valence-corrected chi connectivity index (χ1v) is 3.65. The molecule has 0 saturated carbocycles. The monoisotopic (exact) mass is 152 g/mol. The normalized spacial score (nSPS) is 12.5. The molecular formula is C9H16N2. The summed E-state index contributed by atoms with van der Waals surface area (Å²) < 4.78 is 0. The molecule has 0 aromatic heterocycles. The second-order valence-electron chi connectivity index (χ2n) is 2.29. The minimum atomic E-state index is 0.487. The van der Waals surface area contributed by atoms with Crippen molar-refractivity contribution in [1.82, 2.24) is 0 Å². The molecule has 11 heavy (non-hydrogen) atoms. The van der Waals surface area contributed by atoms with E-state index in [1.165, 1.54) is 0 Å². The Morgan fingerprint density at radius 3 is 2.36 bits per heavy atom. The Balaban J connectivity index is 4.22. The van der Waals surface area contributed by atoms with Gasteiger partial charge in [0.2, 0.25) is 0 Å². The fraction of sp³-hybridized carbons (Fsp3) is 0.333. The van der Waals surface area contributed by atoms with Crippen LogP contribution in [0.15, 0.2) is 36.0 Å². The van der Waals surface area contributed by atoms with Crippen LogP contribution in [-0.4, -0.2) is 13.1 Å². The van der Waals surface area contributed by atoms with Gasteiger partial charge in [0.25, 0.3) is 0 Å². The van der Waals surface area contributed by atoms with Crippen LogP contribution in [0, 0.1) is 0 Å². The Morgan fingerprint density at radius 2 is 2.00 bits per heavy atom. The van der Waals surface area contributed by atoms with Crippen LogP contribution < -0.4 is 11.5 Å². The summed E-state index contributed by atoms with van der Waals surface area (Å²) in [5.41, 5.74) is 12.8. The highest BCUT2D eigenvalue weighted by atomic mass is 14.5. The standard InChI is InChI=1S/C9H16N2/c1-3-4-9(7-11)5-8(2)6-10/h3-5H,2,6-7,10-11H2,1H3/b4-3+,9-5+. The van der Waals surface area contributed by atoms with Crippen molar-refractivity contribution >= 4 is 0 Å². The molecule has 0 radical (unpaired) electrons. The molecule has 0 spiro atoms. The van der Waals surface area contributed by atoms with Crippen LogP contribution in [-0.2, 0) is 0 Å². The van der Waals surface area contributed by atoms with E-state index >= 15 is 0 Å². The molecule has 0 atom stereocenters. The topological polar surface area (TPSA) is 52.0 Å². The maximum Gasteiger partial charge on any atom is 0.0178 e. The molecule has 62 valence electrons. The molecule has 0 aliphatic carbocycles. The highest BCUT2D eigenvalue weighted by Gasteiger charge is 1.88. The summed E-state index contributed by atoms with van der Waals surface area (Å²) in [6, 6.07) is 0. The predicted molar refractivity (Wildman–Crippen MR) is 50.1 cm³/mol. The van der Waals surface area contributed by atoms with Crippen molar-refractivity contribution in [3.63, 3.8) is 0 Å². The summed E-state index contributed by atoms with van der Waals surface area (Å²) in [5, 5.41) is 0. The van der Waals surface area contributed by atoms with E-state index in [0.717, 1.165) is 11.1 Å².